The van der Waals surface area contributed by atoms with Gasteiger partial charge in [-0.25, -0.2) is 4.98 Å². The average Bonchev–Trinajstić information content (AvgIpc) is 3.15. The topological polar surface area (TPSA) is 47.4 Å². The number of carbonyl (C=O) groups excluding carboxylic acids is 1. The van der Waals surface area contributed by atoms with Crippen molar-refractivity contribution in [3.8, 4) is 5.75 Å². The highest BCUT2D eigenvalue weighted by atomic mass is 16.5. The molecule has 5 nitrogen and oxygen atoms in total. The van der Waals surface area contributed by atoms with Crippen molar-refractivity contribution in [2.75, 3.05) is 20.2 Å². The summed E-state index contributed by atoms with van der Waals surface area (Å²) in [5.74, 6) is 2.19. The molecule has 5 heteroatoms. The molecule has 1 aliphatic heterocycles. The van der Waals surface area contributed by atoms with Gasteiger partial charge in [0.25, 0.3) is 0 Å². The van der Waals surface area contributed by atoms with Crippen LogP contribution >= 0.6 is 0 Å². The third kappa shape index (κ3) is 4.03. The van der Waals surface area contributed by atoms with Crippen molar-refractivity contribution in [1.82, 2.24) is 14.5 Å². The smallest absolute Gasteiger partial charge is 0.222 e. The van der Waals surface area contributed by atoms with E-state index in [4.69, 9.17) is 4.74 Å². The molecule has 0 spiro atoms. The number of aromatic nitrogens is 2. The van der Waals surface area contributed by atoms with Gasteiger partial charge in [0.15, 0.2) is 0 Å². The molecule has 0 N–H and O–H groups in total. The lowest BCUT2D eigenvalue weighted by atomic mass is 10.0. The van der Waals surface area contributed by atoms with Gasteiger partial charge in [0.05, 0.1) is 13.2 Å². The van der Waals surface area contributed by atoms with E-state index in [0.717, 1.165) is 55.9 Å². The van der Waals surface area contributed by atoms with Crippen LogP contribution in [0.4, 0.5) is 0 Å². The predicted molar refractivity (Wildman–Crippen MR) is 97.8 cm³/mol. The number of rotatable bonds is 6. The van der Waals surface area contributed by atoms with Crippen molar-refractivity contribution in [2.45, 2.75) is 45.1 Å². The number of carbonyl (C=O) groups is 1. The number of para-hydroxylation sites is 1. The van der Waals surface area contributed by atoms with Crippen LogP contribution in [0.15, 0.2) is 36.7 Å². The highest BCUT2D eigenvalue weighted by Crippen LogP contribution is 2.24. The van der Waals surface area contributed by atoms with Crippen LogP contribution in [-0.2, 0) is 17.6 Å². The Morgan fingerprint density at radius 1 is 1.36 bits per heavy atom. The molecular weight excluding hydrogens is 314 g/mol. The lowest BCUT2D eigenvalue weighted by Gasteiger charge is -2.34. The monoisotopic (exact) mass is 341 g/mol. The fourth-order valence-corrected chi connectivity index (χ4v) is 3.67. The number of ether oxygens (including phenoxy) is 1. The average molecular weight is 341 g/mol. The van der Waals surface area contributed by atoms with E-state index in [2.05, 4.69) is 16.5 Å². The van der Waals surface area contributed by atoms with Crippen molar-refractivity contribution in [1.29, 1.82) is 0 Å². The summed E-state index contributed by atoms with van der Waals surface area (Å²) in [6, 6.07) is 8.27. The van der Waals surface area contributed by atoms with Crippen molar-refractivity contribution in [3.05, 3.63) is 48.0 Å². The number of methoxy groups -OCH3 is 1. The summed E-state index contributed by atoms with van der Waals surface area (Å²) < 4.78 is 7.63. The van der Waals surface area contributed by atoms with Gasteiger partial charge in [0.2, 0.25) is 5.91 Å². The first-order valence-corrected chi connectivity index (χ1v) is 9.14. The van der Waals surface area contributed by atoms with E-state index in [-0.39, 0.29) is 5.91 Å². The molecule has 2 heterocycles. The summed E-state index contributed by atoms with van der Waals surface area (Å²) >= 11 is 0. The highest BCUT2D eigenvalue weighted by Gasteiger charge is 2.25. The first kappa shape index (κ1) is 17.5. The Balaban J connectivity index is 1.60. The van der Waals surface area contributed by atoms with Gasteiger partial charge in [-0.05, 0) is 30.9 Å². The standard InChI is InChI=1S/C20H27N3O2/c1-3-19-21-12-14-23(19)17-8-6-13-22(15-17)20(24)11-10-16-7-4-5-9-18(16)25-2/h4-5,7,9,12,14,17H,3,6,8,10-11,13,15H2,1-2H3. The third-order valence-electron chi connectivity index (χ3n) is 5.01. The maximum atomic E-state index is 12.7. The summed E-state index contributed by atoms with van der Waals surface area (Å²) in [6.07, 6.45) is 8.23. The molecule has 0 saturated carbocycles. The number of likely N-dealkylation sites (tertiary alicyclic amines) is 1. The first-order chi connectivity index (χ1) is 12.2. The largest absolute Gasteiger partial charge is 0.496 e. The molecule has 1 fully saturated rings. The zero-order valence-corrected chi connectivity index (χ0v) is 15.1. The molecule has 1 aliphatic rings. The normalized spacial score (nSPS) is 17.5. The van der Waals surface area contributed by atoms with Crippen LogP contribution in [0.3, 0.4) is 0 Å². The molecule has 25 heavy (non-hydrogen) atoms. The number of nitrogens with zero attached hydrogens (tertiary/aromatic N) is 3. The molecule has 2 aromatic rings. The zero-order valence-electron chi connectivity index (χ0n) is 15.1. The fourth-order valence-electron chi connectivity index (χ4n) is 3.67. The van der Waals surface area contributed by atoms with E-state index in [9.17, 15) is 4.79 Å². The van der Waals surface area contributed by atoms with Crippen molar-refractivity contribution >= 4 is 5.91 Å². The SMILES string of the molecule is CCc1nccn1C1CCCN(C(=O)CCc2ccccc2OC)C1. The van der Waals surface area contributed by atoms with Gasteiger partial charge in [0, 0.05) is 38.3 Å². The van der Waals surface area contributed by atoms with Crippen LogP contribution in [0.1, 0.15) is 43.6 Å². The molecule has 1 atom stereocenters. The van der Waals surface area contributed by atoms with Crippen LogP contribution in [0.25, 0.3) is 0 Å². The minimum atomic E-state index is 0.230. The number of imidazole rings is 1. The molecule has 0 aliphatic carbocycles. The Kier molecular flexibility index (Phi) is 5.74. The maximum Gasteiger partial charge on any atom is 0.222 e. The van der Waals surface area contributed by atoms with Crippen molar-refractivity contribution < 1.29 is 9.53 Å². The van der Waals surface area contributed by atoms with Gasteiger partial charge in [-0.1, -0.05) is 25.1 Å². The summed E-state index contributed by atoms with van der Waals surface area (Å²) in [5.41, 5.74) is 1.09. The van der Waals surface area contributed by atoms with Gasteiger partial charge in [0.1, 0.15) is 11.6 Å². The molecule has 1 amide bonds. The Morgan fingerprint density at radius 2 is 2.20 bits per heavy atom. The Labute approximate surface area is 149 Å². The van der Waals surface area contributed by atoms with Crippen LogP contribution in [0.5, 0.6) is 5.75 Å². The number of hydrogen-bond acceptors (Lipinski definition) is 3. The van der Waals surface area contributed by atoms with Gasteiger partial charge in [-0.3, -0.25) is 4.79 Å². The molecular formula is C20H27N3O2. The minimum Gasteiger partial charge on any atom is -0.496 e. The van der Waals surface area contributed by atoms with E-state index >= 15 is 0 Å². The number of aryl methyl sites for hydroxylation is 2. The van der Waals surface area contributed by atoms with Crippen molar-refractivity contribution in [2.24, 2.45) is 0 Å². The van der Waals surface area contributed by atoms with Crippen molar-refractivity contribution in [3.63, 3.8) is 0 Å². The second-order valence-corrected chi connectivity index (χ2v) is 6.55. The van der Waals surface area contributed by atoms with Crippen LogP contribution in [0.2, 0.25) is 0 Å². The van der Waals surface area contributed by atoms with Gasteiger partial charge in [-0.15, -0.1) is 0 Å². The summed E-state index contributed by atoms with van der Waals surface area (Å²) in [7, 11) is 1.67. The summed E-state index contributed by atoms with van der Waals surface area (Å²) in [6.45, 7) is 3.77. The van der Waals surface area contributed by atoms with E-state index in [0.29, 0.717) is 12.5 Å². The summed E-state index contributed by atoms with van der Waals surface area (Å²) in [5, 5.41) is 0. The van der Waals surface area contributed by atoms with Crippen LogP contribution < -0.4 is 4.74 Å². The quantitative estimate of drug-likeness (QED) is 0.810. The highest BCUT2D eigenvalue weighted by molar-refractivity contribution is 5.76. The van der Waals surface area contributed by atoms with Gasteiger partial charge >= 0.3 is 0 Å². The minimum absolute atomic E-state index is 0.230. The van der Waals surface area contributed by atoms with Gasteiger partial charge < -0.3 is 14.2 Å². The number of piperidine rings is 1. The maximum absolute atomic E-state index is 12.7. The molecule has 3 rings (SSSR count). The molecule has 1 saturated heterocycles. The summed E-state index contributed by atoms with van der Waals surface area (Å²) in [4.78, 5) is 19.1. The lowest BCUT2D eigenvalue weighted by Crippen LogP contribution is -2.41. The molecule has 0 radical (unpaired) electrons. The third-order valence-corrected chi connectivity index (χ3v) is 5.01. The molecule has 134 valence electrons. The molecule has 0 bridgehead atoms. The molecule has 1 unspecified atom stereocenters. The number of benzene rings is 1. The van der Waals surface area contributed by atoms with E-state index in [1.54, 1.807) is 7.11 Å². The molecule has 1 aromatic carbocycles. The zero-order chi connectivity index (χ0) is 17.6. The first-order valence-electron chi connectivity index (χ1n) is 9.14. The van der Waals surface area contributed by atoms with Crippen LogP contribution in [-0.4, -0.2) is 40.6 Å². The predicted octanol–water partition coefficient (Wildman–Crippen LogP) is 3.25. The molecule has 1 aromatic heterocycles. The van der Waals surface area contributed by atoms with E-state index in [1.807, 2.05) is 41.6 Å². The second-order valence-electron chi connectivity index (χ2n) is 6.55. The van der Waals surface area contributed by atoms with Gasteiger partial charge in [-0.2, -0.15) is 0 Å². The second kappa shape index (κ2) is 8.19. The van der Waals surface area contributed by atoms with E-state index in [1.165, 1.54) is 0 Å². The number of amides is 1. The fraction of sp³-hybridized carbons (Fsp3) is 0.500. The Bertz CT molecular complexity index is 710. The number of hydrogen-bond donors (Lipinski definition) is 0. The van der Waals surface area contributed by atoms with E-state index < -0.39 is 0 Å². The Morgan fingerprint density at radius 3 is 3.00 bits per heavy atom. The lowest BCUT2D eigenvalue weighted by molar-refractivity contribution is -0.132. The van der Waals surface area contributed by atoms with Crippen LogP contribution in [0, 0.1) is 0 Å². The Hall–Kier alpha value is -2.30.